The number of ketones is 1. The second kappa shape index (κ2) is 5.66. The number of aliphatic carboxylic acids is 1. The van der Waals surface area contributed by atoms with Crippen LogP contribution in [0.2, 0.25) is 0 Å². The van der Waals surface area contributed by atoms with Crippen molar-refractivity contribution in [2.75, 3.05) is 6.61 Å². The average molecular weight is 207 g/mol. The number of carboxylic acids is 1. The summed E-state index contributed by atoms with van der Waals surface area (Å²) in [6.45, 7) is -0.712. The highest BCUT2D eigenvalue weighted by Gasteiger charge is 2.26. The van der Waals surface area contributed by atoms with Gasteiger partial charge < -0.3 is 26.2 Å². The Morgan fingerprint density at radius 1 is 1.29 bits per heavy atom. The van der Waals surface area contributed by atoms with Gasteiger partial charge in [0.25, 0.3) is 0 Å². The van der Waals surface area contributed by atoms with Gasteiger partial charge in [0.05, 0.1) is 12.7 Å². The molecule has 0 aliphatic heterocycles. The van der Waals surface area contributed by atoms with E-state index in [0.29, 0.717) is 0 Å². The molecule has 0 rings (SSSR count). The van der Waals surface area contributed by atoms with E-state index in [0.717, 1.165) is 0 Å². The molecule has 7 heteroatoms. The molecular formula is C7H13NO6. The first-order valence-corrected chi connectivity index (χ1v) is 3.88. The maximum atomic E-state index is 10.6. The van der Waals surface area contributed by atoms with Crippen molar-refractivity contribution in [3.63, 3.8) is 0 Å². The number of Topliss-reactive ketones (excluding diaryl/α,β-unsaturated/α-hetero) is 1. The summed E-state index contributed by atoms with van der Waals surface area (Å²) < 4.78 is 0. The number of hydrogen-bond donors (Lipinski definition) is 5. The Morgan fingerprint density at radius 3 is 2.14 bits per heavy atom. The van der Waals surface area contributed by atoms with Crippen LogP contribution in [0.4, 0.5) is 0 Å². The summed E-state index contributed by atoms with van der Waals surface area (Å²) in [5.41, 5.74) is 5.23. The molecule has 0 aliphatic rings. The van der Waals surface area contributed by atoms with Crippen molar-refractivity contribution < 1.29 is 30.0 Å². The fourth-order valence-electron chi connectivity index (χ4n) is 0.815. The fraction of sp³-hybridized carbons (Fsp3) is 0.714. The Morgan fingerprint density at radius 2 is 1.79 bits per heavy atom. The van der Waals surface area contributed by atoms with E-state index >= 15 is 0 Å². The van der Waals surface area contributed by atoms with Crippen LogP contribution in [0.5, 0.6) is 0 Å². The SMILES string of the molecule is N[C@H](CC(=O)C(=O)O)[C@H](O)[C@H](O)CO. The topological polar surface area (TPSA) is 141 Å². The molecule has 0 radical (unpaired) electrons. The highest BCUT2D eigenvalue weighted by molar-refractivity contribution is 6.32. The van der Waals surface area contributed by atoms with Gasteiger partial charge in [0.2, 0.25) is 5.78 Å². The minimum absolute atomic E-state index is 0.590. The average Bonchev–Trinajstić information content (AvgIpc) is 2.14. The molecule has 0 aromatic carbocycles. The standard InChI is InChI=1S/C7H13NO6/c8-3(1-4(10)7(13)14)6(12)5(11)2-9/h3,5-6,9,11-12H,1-2,8H2,(H,13,14)/t3-,5-,6+/m1/s1. The Hall–Kier alpha value is -1.02. The molecule has 0 fully saturated rings. The molecule has 0 saturated carbocycles. The second-order valence-electron chi connectivity index (χ2n) is 2.84. The maximum Gasteiger partial charge on any atom is 0.372 e. The van der Waals surface area contributed by atoms with E-state index < -0.39 is 43.0 Å². The first kappa shape index (κ1) is 13.0. The van der Waals surface area contributed by atoms with Crippen LogP contribution in [-0.2, 0) is 9.59 Å². The van der Waals surface area contributed by atoms with Gasteiger partial charge in [0.1, 0.15) is 6.10 Å². The Balaban J connectivity index is 4.13. The number of aliphatic hydroxyl groups excluding tert-OH is 3. The monoisotopic (exact) mass is 207 g/mol. The molecule has 82 valence electrons. The zero-order chi connectivity index (χ0) is 11.3. The predicted octanol–water partition coefficient (Wildman–Crippen LogP) is -2.93. The fourth-order valence-corrected chi connectivity index (χ4v) is 0.815. The van der Waals surface area contributed by atoms with Crippen LogP contribution < -0.4 is 5.73 Å². The minimum atomic E-state index is -1.65. The molecule has 7 nitrogen and oxygen atoms in total. The van der Waals surface area contributed by atoms with Gasteiger partial charge in [-0.25, -0.2) is 4.79 Å². The van der Waals surface area contributed by atoms with E-state index in [2.05, 4.69) is 0 Å². The largest absolute Gasteiger partial charge is 0.476 e. The number of rotatable bonds is 6. The normalized spacial score (nSPS) is 17.1. The summed E-state index contributed by atoms with van der Waals surface area (Å²) in [7, 11) is 0. The first-order chi connectivity index (χ1) is 6.40. The van der Waals surface area contributed by atoms with Gasteiger partial charge in [-0.2, -0.15) is 0 Å². The van der Waals surface area contributed by atoms with Gasteiger partial charge in [-0.1, -0.05) is 0 Å². The van der Waals surface area contributed by atoms with Crippen molar-refractivity contribution in [2.45, 2.75) is 24.7 Å². The molecule has 0 spiro atoms. The maximum absolute atomic E-state index is 10.6. The molecule has 0 saturated heterocycles. The zero-order valence-corrected chi connectivity index (χ0v) is 7.33. The van der Waals surface area contributed by atoms with Crippen molar-refractivity contribution in [3.05, 3.63) is 0 Å². The molecule has 3 atom stereocenters. The number of aliphatic hydroxyl groups is 3. The zero-order valence-electron chi connectivity index (χ0n) is 7.33. The van der Waals surface area contributed by atoms with Crippen LogP contribution in [0.15, 0.2) is 0 Å². The quantitative estimate of drug-likeness (QED) is 0.293. The number of hydrogen-bond acceptors (Lipinski definition) is 6. The summed E-state index contributed by atoms with van der Waals surface area (Å²) in [5.74, 6) is -2.80. The van der Waals surface area contributed by atoms with Crippen LogP contribution in [0.25, 0.3) is 0 Å². The molecule has 0 aliphatic carbocycles. The van der Waals surface area contributed by atoms with E-state index in [9.17, 15) is 9.59 Å². The Labute approximate surface area is 79.8 Å². The third-order valence-corrected chi connectivity index (χ3v) is 1.68. The van der Waals surface area contributed by atoms with Gasteiger partial charge in [0, 0.05) is 12.5 Å². The van der Waals surface area contributed by atoms with Crippen molar-refractivity contribution in [3.8, 4) is 0 Å². The van der Waals surface area contributed by atoms with Crippen LogP contribution in [-0.4, -0.2) is 57.0 Å². The highest BCUT2D eigenvalue weighted by Crippen LogP contribution is 2.02. The molecule has 0 aromatic heterocycles. The van der Waals surface area contributed by atoms with Crippen molar-refractivity contribution in [1.29, 1.82) is 0 Å². The van der Waals surface area contributed by atoms with Gasteiger partial charge in [-0.3, -0.25) is 4.79 Å². The van der Waals surface area contributed by atoms with Gasteiger partial charge in [-0.05, 0) is 0 Å². The molecule has 6 N–H and O–H groups in total. The summed E-state index contributed by atoms with van der Waals surface area (Å²) >= 11 is 0. The number of carbonyl (C=O) groups is 2. The minimum Gasteiger partial charge on any atom is -0.476 e. The molecule has 0 aromatic rings. The van der Waals surface area contributed by atoms with E-state index in [1.165, 1.54) is 0 Å². The van der Waals surface area contributed by atoms with E-state index in [-0.39, 0.29) is 0 Å². The highest BCUT2D eigenvalue weighted by atomic mass is 16.4. The second-order valence-corrected chi connectivity index (χ2v) is 2.84. The third kappa shape index (κ3) is 3.79. The lowest BCUT2D eigenvalue weighted by Crippen LogP contribution is -2.46. The summed E-state index contributed by atoms with van der Waals surface area (Å²) in [4.78, 5) is 20.7. The van der Waals surface area contributed by atoms with Crippen LogP contribution in [0.3, 0.4) is 0 Å². The van der Waals surface area contributed by atoms with Crippen molar-refractivity contribution in [1.82, 2.24) is 0 Å². The lowest BCUT2D eigenvalue weighted by Gasteiger charge is -2.21. The van der Waals surface area contributed by atoms with Crippen LogP contribution in [0, 0.1) is 0 Å². The number of nitrogens with two attached hydrogens (primary N) is 1. The molecule has 0 bridgehead atoms. The molecule has 0 heterocycles. The van der Waals surface area contributed by atoms with E-state index in [1.807, 2.05) is 0 Å². The number of carboxylic acid groups (broad SMARTS) is 1. The Kier molecular flexibility index (Phi) is 5.24. The summed E-state index contributed by atoms with van der Waals surface area (Å²) in [5, 5.41) is 34.7. The van der Waals surface area contributed by atoms with Crippen molar-refractivity contribution in [2.24, 2.45) is 5.73 Å². The van der Waals surface area contributed by atoms with E-state index in [1.54, 1.807) is 0 Å². The summed E-state index contributed by atoms with van der Waals surface area (Å²) in [6.07, 6.45) is -3.59. The van der Waals surface area contributed by atoms with Gasteiger partial charge >= 0.3 is 5.97 Å². The predicted molar refractivity (Wildman–Crippen MR) is 44.3 cm³/mol. The van der Waals surface area contributed by atoms with Gasteiger partial charge in [-0.15, -0.1) is 0 Å². The summed E-state index contributed by atoms with van der Waals surface area (Å²) in [6, 6.07) is -1.21. The number of carbonyl (C=O) groups excluding carboxylic acids is 1. The van der Waals surface area contributed by atoms with Crippen LogP contribution in [0.1, 0.15) is 6.42 Å². The van der Waals surface area contributed by atoms with Gasteiger partial charge in [0.15, 0.2) is 0 Å². The first-order valence-electron chi connectivity index (χ1n) is 3.88. The smallest absolute Gasteiger partial charge is 0.372 e. The molecule has 14 heavy (non-hydrogen) atoms. The molecular weight excluding hydrogens is 194 g/mol. The molecule has 0 amide bonds. The lowest BCUT2D eigenvalue weighted by molar-refractivity contribution is -0.149. The van der Waals surface area contributed by atoms with Crippen LogP contribution >= 0.6 is 0 Å². The lowest BCUT2D eigenvalue weighted by atomic mass is 10.0. The third-order valence-electron chi connectivity index (χ3n) is 1.68. The molecule has 0 unspecified atom stereocenters. The van der Waals surface area contributed by atoms with E-state index in [4.69, 9.17) is 26.2 Å². The Bertz CT molecular complexity index is 218. The van der Waals surface area contributed by atoms with Crippen molar-refractivity contribution >= 4 is 11.8 Å².